The minimum atomic E-state index is -0.373. The number of hydrogen-bond acceptors (Lipinski definition) is 2. The molecule has 4 aliphatic carbocycles. The van der Waals surface area contributed by atoms with Crippen LogP contribution >= 0.6 is 0 Å². The van der Waals surface area contributed by atoms with Crippen LogP contribution in [0.15, 0.2) is 0 Å². The van der Waals surface area contributed by atoms with Crippen molar-refractivity contribution in [1.29, 1.82) is 0 Å². The van der Waals surface area contributed by atoms with Crippen molar-refractivity contribution in [3.8, 4) is 0 Å². The van der Waals surface area contributed by atoms with Crippen LogP contribution in [-0.2, 0) is 4.79 Å². The summed E-state index contributed by atoms with van der Waals surface area (Å²) in [6.07, 6.45) is 17.1. The lowest BCUT2D eigenvalue weighted by atomic mass is 9.54. The van der Waals surface area contributed by atoms with Gasteiger partial charge in [-0.3, -0.25) is 0 Å². The molecule has 0 aromatic carbocycles. The SMILES string of the molecule is CC[C@]1(O)CC[C@@H]2C[C@@H](CC[C@@H]3[C@@H]2CC[C@]2(C)[C@@H]([C@H](C)CCC=O)CC[C@@H]32)C1. The molecule has 0 aromatic heterocycles. The molecule has 0 unspecified atom stereocenters. The minimum absolute atomic E-state index is 0.373. The minimum Gasteiger partial charge on any atom is -0.390 e. The molecule has 4 saturated carbocycles. The van der Waals surface area contributed by atoms with Gasteiger partial charge in [-0.25, -0.2) is 0 Å². The van der Waals surface area contributed by atoms with Crippen LogP contribution in [0.25, 0.3) is 0 Å². The molecule has 0 heterocycles. The second-order valence-corrected chi connectivity index (χ2v) is 11.6. The van der Waals surface area contributed by atoms with E-state index in [9.17, 15) is 9.90 Å². The van der Waals surface area contributed by atoms with Gasteiger partial charge in [-0.2, -0.15) is 0 Å². The molecule has 2 bridgehead atoms. The molecule has 160 valence electrons. The maximum absolute atomic E-state index is 11.0. The Morgan fingerprint density at radius 2 is 1.89 bits per heavy atom. The Kier molecular flexibility index (Phi) is 6.00. The van der Waals surface area contributed by atoms with Gasteiger partial charge in [0, 0.05) is 6.42 Å². The van der Waals surface area contributed by atoms with Gasteiger partial charge < -0.3 is 9.90 Å². The number of hydrogen-bond donors (Lipinski definition) is 1. The molecule has 4 fully saturated rings. The monoisotopic (exact) mass is 388 g/mol. The maximum atomic E-state index is 11.0. The van der Waals surface area contributed by atoms with Crippen molar-refractivity contribution in [2.24, 2.45) is 46.8 Å². The lowest BCUT2D eigenvalue weighted by Crippen LogP contribution is -2.44. The van der Waals surface area contributed by atoms with Crippen molar-refractivity contribution in [3.05, 3.63) is 0 Å². The molecule has 0 radical (unpaired) electrons. The van der Waals surface area contributed by atoms with Gasteiger partial charge in [0.15, 0.2) is 0 Å². The van der Waals surface area contributed by atoms with Crippen LogP contribution in [0, 0.1) is 46.8 Å². The van der Waals surface area contributed by atoms with E-state index in [-0.39, 0.29) is 5.60 Å². The van der Waals surface area contributed by atoms with E-state index in [0.717, 1.165) is 73.9 Å². The highest BCUT2D eigenvalue weighted by Crippen LogP contribution is 2.64. The molecule has 2 nitrogen and oxygen atoms in total. The van der Waals surface area contributed by atoms with Gasteiger partial charge in [-0.05, 0) is 117 Å². The summed E-state index contributed by atoms with van der Waals surface area (Å²) in [6, 6.07) is 0. The molecular formula is C26H44O2. The zero-order chi connectivity index (χ0) is 19.9. The fourth-order valence-electron chi connectivity index (χ4n) is 8.91. The number of aliphatic hydroxyl groups is 1. The molecule has 1 N–H and O–H groups in total. The molecule has 0 aliphatic heterocycles. The summed E-state index contributed by atoms with van der Waals surface area (Å²) in [7, 11) is 0. The standard InChI is InChI=1S/C26H44O2/c1-4-26(28)14-11-20-16-19(17-26)7-8-22-21(20)12-13-25(3)23(9-10-24(22)25)18(2)6-5-15-27/h15,18-24,28H,4-14,16-17H2,1-3H3/t18-,19-,20-,21-,22-,23-,24+,25-,26+/m1/s1. The molecule has 0 saturated heterocycles. The first kappa shape index (κ1) is 20.9. The number of rotatable bonds is 5. The summed E-state index contributed by atoms with van der Waals surface area (Å²) < 4.78 is 0. The van der Waals surface area contributed by atoms with E-state index < -0.39 is 0 Å². The first-order chi connectivity index (χ1) is 13.4. The Hall–Kier alpha value is -0.370. The van der Waals surface area contributed by atoms with Crippen molar-refractivity contribution in [3.63, 3.8) is 0 Å². The van der Waals surface area contributed by atoms with E-state index in [0.29, 0.717) is 11.3 Å². The molecule has 0 amide bonds. The highest BCUT2D eigenvalue weighted by Gasteiger charge is 2.56. The predicted molar refractivity (Wildman–Crippen MR) is 115 cm³/mol. The van der Waals surface area contributed by atoms with Crippen molar-refractivity contribution in [1.82, 2.24) is 0 Å². The lowest BCUT2D eigenvalue weighted by molar-refractivity contribution is -0.108. The number of fused-ring (bicyclic) bond motifs is 6. The fraction of sp³-hybridized carbons (Fsp3) is 0.962. The van der Waals surface area contributed by atoms with Crippen LogP contribution in [0.4, 0.5) is 0 Å². The quantitative estimate of drug-likeness (QED) is 0.553. The summed E-state index contributed by atoms with van der Waals surface area (Å²) in [5, 5.41) is 11.0. The van der Waals surface area contributed by atoms with Gasteiger partial charge in [0.2, 0.25) is 0 Å². The molecular weight excluding hydrogens is 344 g/mol. The first-order valence-electron chi connectivity index (χ1n) is 12.6. The van der Waals surface area contributed by atoms with E-state index in [1.165, 1.54) is 51.4 Å². The third kappa shape index (κ3) is 3.61. The van der Waals surface area contributed by atoms with E-state index >= 15 is 0 Å². The first-order valence-corrected chi connectivity index (χ1v) is 12.6. The molecule has 28 heavy (non-hydrogen) atoms. The number of carbonyl (C=O) groups excluding carboxylic acids is 1. The molecule has 4 aliphatic rings. The van der Waals surface area contributed by atoms with Crippen molar-refractivity contribution in [2.75, 3.05) is 0 Å². The topological polar surface area (TPSA) is 37.3 Å². The molecule has 9 atom stereocenters. The van der Waals surface area contributed by atoms with Gasteiger partial charge in [0.25, 0.3) is 0 Å². The molecule has 2 heteroatoms. The highest BCUT2D eigenvalue weighted by atomic mass is 16.3. The predicted octanol–water partition coefficient (Wildman–Crippen LogP) is 6.40. The van der Waals surface area contributed by atoms with Crippen molar-refractivity contribution < 1.29 is 9.90 Å². The van der Waals surface area contributed by atoms with Crippen LogP contribution in [-0.4, -0.2) is 17.0 Å². The Balaban J connectivity index is 1.51. The van der Waals surface area contributed by atoms with Gasteiger partial charge in [-0.15, -0.1) is 0 Å². The van der Waals surface area contributed by atoms with Gasteiger partial charge in [0.1, 0.15) is 6.29 Å². The van der Waals surface area contributed by atoms with Crippen molar-refractivity contribution >= 4 is 6.29 Å². The van der Waals surface area contributed by atoms with E-state index in [1.54, 1.807) is 0 Å². The van der Waals surface area contributed by atoms with Gasteiger partial charge >= 0.3 is 0 Å². The lowest BCUT2D eigenvalue weighted by Gasteiger charge is -2.51. The van der Waals surface area contributed by atoms with Crippen LogP contribution in [0.2, 0.25) is 0 Å². The van der Waals surface area contributed by atoms with Crippen LogP contribution in [0.1, 0.15) is 104 Å². The summed E-state index contributed by atoms with van der Waals surface area (Å²) in [6.45, 7) is 7.23. The van der Waals surface area contributed by atoms with Crippen LogP contribution in [0.3, 0.4) is 0 Å². The fourth-order valence-corrected chi connectivity index (χ4v) is 8.91. The number of aldehydes is 1. The smallest absolute Gasteiger partial charge is 0.120 e. The zero-order valence-electron chi connectivity index (χ0n) is 18.7. The third-order valence-corrected chi connectivity index (χ3v) is 10.4. The maximum Gasteiger partial charge on any atom is 0.120 e. The van der Waals surface area contributed by atoms with E-state index in [2.05, 4.69) is 20.8 Å². The Morgan fingerprint density at radius 3 is 2.64 bits per heavy atom. The van der Waals surface area contributed by atoms with E-state index in [4.69, 9.17) is 0 Å². The third-order valence-electron chi connectivity index (χ3n) is 10.4. The average Bonchev–Trinajstić information content (AvgIpc) is 2.83. The summed E-state index contributed by atoms with van der Waals surface area (Å²) >= 11 is 0. The molecule has 0 spiro atoms. The van der Waals surface area contributed by atoms with Crippen LogP contribution < -0.4 is 0 Å². The summed E-state index contributed by atoms with van der Waals surface area (Å²) in [4.78, 5) is 10.9. The van der Waals surface area contributed by atoms with E-state index in [1.807, 2.05) is 0 Å². The Morgan fingerprint density at radius 1 is 1.07 bits per heavy atom. The molecule has 0 aromatic rings. The molecule has 4 rings (SSSR count). The Labute approximate surface area is 173 Å². The Bertz CT molecular complexity index is 559. The van der Waals surface area contributed by atoms with Gasteiger partial charge in [0.05, 0.1) is 5.60 Å². The van der Waals surface area contributed by atoms with Gasteiger partial charge in [-0.1, -0.05) is 27.2 Å². The van der Waals surface area contributed by atoms with Crippen molar-refractivity contribution in [2.45, 2.75) is 110 Å². The summed E-state index contributed by atoms with van der Waals surface area (Å²) in [5.74, 6) is 5.93. The normalized spacial score (nSPS) is 49.4. The number of carbonyl (C=O) groups is 1. The highest BCUT2D eigenvalue weighted by molar-refractivity contribution is 5.49. The zero-order valence-corrected chi connectivity index (χ0v) is 18.7. The second-order valence-electron chi connectivity index (χ2n) is 11.6. The largest absolute Gasteiger partial charge is 0.390 e. The van der Waals surface area contributed by atoms with Crippen LogP contribution in [0.5, 0.6) is 0 Å². The summed E-state index contributed by atoms with van der Waals surface area (Å²) in [5.41, 5.74) is 0.143. The second kappa shape index (κ2) is 8.05. The average molecular weight is 389 g/mol.